The number of rotatable bonds is 2. The van der Waals surface area contributed by atoms with Crippen LogP contribution in [0.2, 0.25) is 0 Å². The Morgan fingerprint density at radius 1 is 1.20 bits per heavy atom. The van der Waals surface area contributed by atoms with Gasteiger partial charge >= 0.3 is 0 Å². The molecule has 2 aromatic rings. The van der Waals surface area contributed by atoms with Crippen LogP contribution >= 0.6 is 0 Å². The van der Waals surface area contributed by atoms with Crippen LogP contribution in [-0.2, 0) is 0 Å². The van der Waals surface area contributed by atoms with Gasteiger partial charge in [-0.1, -0.05) is 0 Å². The molecule has 0 saturated heterocycles. The van der Waals surface area contributed by atoms with Crippen LogP contribution in [0, 0.1) is 6.92 Å². The van der Waals surface area contributed by atoms with Gasteiger partial charge in [-0.15, -0.1) is 0 Å². The first kappa shape index (κ1) is 9.39. The number of aryl methyl sites for hydroxylation is 1. The summed E-state index contributed by atoms with van der Waals surface area (Å²) in [7, 11) is 0. The predicted molar refractivity (Wildman–Crippen MR) is 58.7 cm³/mol. The van der Waals surface area contributed by atoms with Crippen LogP contribution in [0.1, 0.15) is 5.56 Å². The van der Waals surface area contributed by atoms with E-state index in [0.29, 0.717) is 11.6 Å². The molecule has 76 valence electrons. The Labute approximate surface area is 87.4 Å². The van der Waals surface area contributed by atoms with Crippen molar-refractivity contribution in [2.45, 2.75) is 6.92 Å². The van der Waals surface area contributed by atoms with Crippen LogP contribution in [0.5, 0.6) is 0 Å². The molecule has 0 aliphatic heterocycles. The van der Waals surface area contributed by atoms with Gasteiger partial charge in [0.2, 0.25) is 0 Å². The quantitative estimate of drug-likeness (QED) is 0.770. The molecule has 15 heavy (non-hydrogen) atoms. The minimum Gasteiger partial charge on any atom is -0.384 e. The average molecular weight is 201 g/mol. The summed E-state index contributed by atoms with van der Waals surface area (Å²) in [6.07, 6.45) is 4.94. The van der Waals surface area contributed by atoms with Crippen molar-refractivity contribution in [3.8, 4) is 0 Å². The van der Waals surface area contributed by atoms with Crippen LogP contribution in [0.3, 0.4) is 0 Å². The van der Waals surface area contributed by atoms with E-state index >= 15 is 0 Å². The van der Waals surface area contributed by atoms with Crippen LogP contribution in [0.15, 0.2) is 30.9 Å². The standard InChI is InChI=1S/C10H11N5/c1-7-2-8(5-12-4-7)15-10-3-9(11)13-6-14-10/h2-6H,1H3,(H3,11,13,14,15). The fourth-order valence-electron chi connectivity index (χ4n) is 1.21. The number of hydrogen-bond acceptors (Lipinski definition) is 5. The minimum absolute atomic E-state index is 0.438. The molecule has 3 N–H and O–H groups in total. The molecule has 0 aromatic carbocycles. The molecule has 0 saturated carbocycles. The second-order valence-electron chi connectivity index (χ2n) is 3.20. The third-order valence-electron chi connectivity index (χ3n) is 1.84. The number of nitrogens with one attached hydrogen (secondary N) is 1. The molecule has 5 heteroatoms. The fraction of sp³-hybridized carbons (Fsp3) is 0.100. The number of nitrogen functional groups attached to an aromatic ring is 1. The number of nitrogens with zero attached hydrogens (tertiary/aromatic N) is 3. The topological polar surface area (TPSA) is 76.7 Å². The molecule has 2 aromatic heterocycles. The van der Waals surface area contributed by atoms with Gasteiger partial charge in [0.1, 0.15) is 18.0 Å². The summed E-state index contributed by atoms with van der Waals surface area (Å²) in [4.78, 5) is 11.9. The van der Waals surface area contributed by atoms with E-state index < -0.39 is 0 Å². The van der Waals surface area contributed by atoms with Crippen molar-refractivity contribution in [1.29, 1.82) is 0 Å². The Kier molecular flexibility index (Phi) is 2.45. The zero-order chi connectivity index (χ0) is 10.7. The molecule has 0 radical (unpaired) electrons. The van der Waals surface area contributed by atoms with E-state index in [1.54, 1.807) is 18.5 Å². The van der Waals surface area contributed by atoms with Gasteiger partial charge in [-0.2, -0.15) is 0 Å². The summed E-state index contributed by atoms with van der Waals surface area (Å²) in [6.45, 7) is 1.98. The highest BCUT2D eigenvalue weighted by Crippen LogP contribution is 2.14. The van der Waals surface area contributed by atoms with Gasteiger partial charge in [0, 0.05) is 12.3 Å². The molecule has 2 rings (SSSR count). The van der Waals surface area contributed by atoms with Crippen molar-refractivity contribution >= 4 is 17.3 Å². The van der Waals surface area contributed by atoms with E-state index in [4.69, 9.17) is 5.73 Å². The molecule has 5 nitrogen and oxygen atoms in total. The Hall–Kier alpha value is -2.17. The van der Waals surface area contributed by atoms with Gasteiger partial charge < -0.3 is 11.1 Å². The Morgan fingerprint density at radius 3 is 2.80 bits per heavy atom. The SMILES string of the molecule is Cc1cncc(Nc2cc(N)ncn2)c1. The smallest absolute Gasteiger partial charge is 0.135 e. The van der Waals surface area contributed by atoms with Gasteiger partial charge in [0.25, 0.3) is 0 Å². The van der Waals surface area contributed by atoms with Crippen LogP contribution in [0.4, 0.5) is 17.3 Å². The van der Waals surface area contributed by atoms with Crippen LogP contribution in [-0.4, -0.2) is 15.0 Å². The highest BCUT2D eigenvalue weighted by molar-refractivity contribution is 5.57. The molecule has 0 spiro atoms. The van der Waals surface area contributed by atoms with Crippen molar-refractivity contribution < 1.29 is 0 Å². The van der Waals surface area contributed by atoms with E-state index in [2.05, 4.69) is 20.3 Å². The van der Waals surface area contributed by atoms with E-state index in [1.165, 1.54) is 6.33 Å². The van der Waals surface area contributed by atoms with Gasteiger partial charge in [0.05, 0.1) is 11.9 Å². The van der Waals surface area contributed by atoms with Crippen molar-refractivity contribution in [2.75, 3.05) is 11.1 Å². The zero-order valence-electron chi connectivity index (χ0n) is 8.31. The van der Waals surface area contributed by atoms with Crippen LogP contribution in [0.25, 0.3) is 0 Å². The minimum atomic E-state index is 0.438. The number of hydrogen-bond donors (Lipinski definition) is 2. The molecule has 0 fully saturated rings. The molecule has 2 heterocycles. The lowest BCUT2D eigenvalue weighted by atomic mass is 10.3. The third kappa shape index (κ3) is 2.40. The van der Waals surface area contributed by atoms with Crippen LogP contribution < -0.4 is 11.1 Å². The summed E-state index contributed by atoms with van der Waals surface area (Å²) >= 11 is 0. The number of nitrogens with two attached hydrogens (primary N) is 1. The number of pyridine rings is 1. The first-order chi connectivity index (χ1) is 7.24. The molecular weight excluding hydrogens is 190 g/mol. The van der Waals surface area contributed by atoms with E-state index in [-0.39, 0.29) is 0 Å². The van der Waals surface area contributed by atoms with Crippen molar-refractivity contribution in [3.05, 3.63) is 36.4 Å². The highest BCUT2D eigenvalue weighted by Gasteiger charge is 1.97. The maximum absolute atomic E-state index is 5.54. The lowest BCUT2D eigenvalue weighted by Crippen LogP contribution is -1.97. The maximum Gasteiger partial charge on any atom is 0.135 e. The van der Waals surface area contributed by atoms with Crippen molar-refractivity contribution in [2.24, 2.45) is 0 Å². The Morgan fingerprint density at radius 2 is 2.07 bits per heavy atom. The lowest BCUT2D eigenvalue weighted by Gasteiger charge is -2.05. The monoisotopic (exact) mass is 201 g/mol. The molecule has 0 atom stereocenters. The van der Waals surface area contributed by atoms with Gasteiger partial charge in [-0.05, 0) is 18.6 Å². The molecule has 0 bridgehead atoms. The molecule has 0 amide bonds. The summed E-state index contributed by atoms with van der Waals surface area (Å²) in [5.74, 6) is 1.10. The van der Waals surface area contributed by atoms with Gasteiger partial charge in [0.15, 0.2) is 0 Å². The first-order valence-electron chi connectivity index (χ1n) is 4.50. The third-order valence-corrected chi connectivity index (χ3v) is 1.84. The average Bonchev–Trinajstić information content (AvgIpc) is 2.17. The Balaban J connectivity index is 2.22. The second-order valence-corrected chi connectivity index (χ2v) is 3.20. The summed E-state index contributed by atoms with van der Waals surface area (Å²) in [5.41, 5.74) is 7.50. The summed E-state index contributed by atoms with van der Waals surface area (Å²) in [6, 6.07) is 3.65. The molecule has 0 aliphatic carbocycles. The second kappa shape index (κ2) is 3.91. The van der Waals surface area contributed by atoms with Gasteiger partial charge in [-0.25, -0.2) is 9.97 Å². The molecular formula is C10H11N5. The fourth-order valence-corrected chi connectivity index (χ4v) is 1.21. The zero-order valence-corrected chi connectivity index (χ0v) is 8.31. The first-order valence-corrected chi connectivity index (χ1v) is 4.50. The predicted octanol–water partition coefficient (Wildman–Crippen LogP) is 1.51. The highest BCUT2D eigenvalue weighted by atomic mass is 15.0. The van der Waals surface area contributed by atoms with Crippen molar-refractivity contribution in [1.82, 2.24) is 15.0 Å². The van der Waals surface area contributed by atoms with E-state index in [9.17, 15) is 0 Å². The maximum atomic E-state index is 5.54. The van der Waals surface area contributed by atoms with E-state index in [1.807, 2.05) is 13.0 Å². The van der Waals surface area contributed by atoms with Crippen molar-refractivity contribution in [3.63, 3.8) is 0 Å². The number of anilines is 3. The number of aromatic nitrogens is 3. The normalized spacial score (nSPS) is 9.93. The largest absolute Gasteiger partial charge is 0.384 e. The van der Waals surface area contributed by atoms with Gasteiger partial charge in [-0.3, -0.25) is 4.98 Å². The Bertz CT molecular complexity index is 425. The lowest BCUT2D eigenvalue weighted by molar-refractivity contribution is 1.17. The van der Waals surface area contributed by atoms with E-state index in [0.717, 1.165) is 11.3 Å². The molecule has 0 aliphatic rings. The molecule has 0 unspecified atom stereocenters. The summed E-state index contributed by atoms with van der Waals surface area (Å²) in [5, 5.41) is 3.09. The summed E-state index contributed by atoms with van der Waals surface area (Å²) < 4.78 is 0.